The molecule has 0 radical (unpaired) electrons. The Bertz CT molecular complexity index is 735. The van der Waals surface area contributed by atoms with Crippen LogP contribution in [0.15, 0.2) is 11.6 Å². The molecule has 9 atom stereocenters. The average Bonchev–Trinajstić information content (AvgIpc) is 3.35. The molecule has 0 aromatic rings. The summed E-state index contributed by atoms with van der Waals surface area (Å²) in [4.78, 5) is 12.1. The van der Waals surface area contributed by atoms with Gasteiger partial charge in [0, 0.05) is 12.8 Å². The van der Waals surface area contributed by atoms with E-state index < -0.39 is 0 Å². The lowest BCUT2D eigenvalue weighted by molar-refractivity contribution is -0.117. The van der Waals surface area contributed by atoms with Gasteiger partial charge in [-0.05, 0) is 90.6 Å². The van der Waals surface area contributed by atoms with Gasteiger partial charge in [0.15, 0.2) is 5.78 Å². The van der Waals surface area contributed by atoms with Crippen molar-refractivity contribution < 1.29 is 9.53 Å². The van der Waals surface area contributed by atoms with E-state index >= 15 is 0 Å². The summed E-state index contributed by atoms with van der Waals surface area (Å²) < 4.78 is 6.28. The van der Waals surface area contributed by atoms with Crippen LogP contribution in [0.1, 0.15) is 72.1 Å². The number of ether oxygens (including phenoxy) is 1. The van der Waals surface area contributed by atoms with Crippen molar-refractivity contribution in [2.45, 2.75) is 84.3 Å². The van der Waals surface area contributed by atoms with Gasteiger partial charge in [-0.1, -0.05) is 20.8 Å². The highest BCUT2D eigenvalue weighted by molar-refractivity contribution is 5.92. The number of hydrogen-bond donors (Lipinski definition) is 0. The van der Waals surface area contributed by atoms with Crippen molar-refractivity contribution >= 4 is 5.78 Å². The van der Waals surface area contributed by atoms with E-state index in [0.29, 0.717) is 41.5 Å². The van der Waals surface area contributed by atoms with Gasteiger partial charge < -0.3 is 4.74 Å². The normalized spacial score (nSPS) is 51.2. The maximum absolute atomic E-state index is 12.1. The number of ketones is 1. The van der Waals surface area contributed by atoms with E-state index in [2.05, 4.69) is 26.8 Å². The number of rotatable bonds is 3. The van der Waals surface area contributed by atoms with E-state index in [9.17, 15) is 4.79 Å². The lowest BCUT2D eigenvalue weighted by Gasteiger charge is -2.57. The Kier molecular flexibility index (Phi) is 3.94. The van der Waals surface area contributed by atoms with Crippen molar-refractivity contribution in [3.63, 3.8) is 0 Å². The molecule has 4 fully saturated rings. The summed E-state index contributed by atoms with van der Waals surface area (Å²) in [5, 5.41) is 9.01. The van der Waals surface area contributed by atoms with Crippen LogP contribution < -0.4 is 0 Å². The molecule has 146 valence electrons. The first-order chi connectivity index (χ1) is 12.9. The summed E-state index contributed by atoms with van der Waals surface area (Å²) in [6.07, 6.45) is 11.3. The third kappa shape index (κ3) is 2.38. The highest BCUT2D eigenvalue weighted by Gasteiger charge is 2.69. The third-order valence-electron chi connectivity index (χ3n) is 9.70. The van der Waals surface area contributed by atoms with E-state index in [-0.39, 0.29) is 11.5 Å². The van der Waals surface area contributed by atoms with E-state index in [1.54, 1.807) is 0 Å². The van der Waals surface area contributed by atoms with Gasteiger partial charge in [0.05, 0.1) is 12.2 Å². The lowest BCUT2D eigenvalue weighted by Crippen LogP contribution is -2.53. The molecule has 4 aliphatic carbocycles. The molecule has 0 bridgehead atoms. The first kappa shape index (κ1) is 17.9. The summed E-state index contributed by atoms with van der Waals surface area (Å²) in [6, 6.07) is 2.35. The van der Waals surface area contributed by atoms with Crippen molar-refractivity contribution in [3.05, 3.63) is 11.6 Å². The molecule has 5 rings (SSSR count). The molecule has 5 aliphatic rings. The van der Waals surface area contributed by atoms with E-state index in [1.807, 2.05) is 6.08 Å². The fourth-order valence-electron chi connectivity index (χ4n) is 8.28. The average molecular weight is 368 g/mol. The van der Waals surface area contributed by atoms with Gasteiger partial charge in [0.1, 0.15) is 6.10 Å². The maximum atomic E-state index is 12.1. The Morgan fingerprint density at radius 1 is 1.26 bits per heavy atom. The van der Waals surface area contributed by atoms with Crippen molar-refractivity contribution in [2.24, 2.45) is 40.4 Å². The molecule has 0 amide bonds. The van der Waals surface area contributed by atoms with Gasteiger partial charge in [-0.25, -0.2) is 0 Å². The lowest BCUT2D eigenvalue weighted by atomic mass is 9.46. The first-order valence-electron chi connectivity index (χ1n) is 11.2. The van der Waals surface area contributed by atoms with E-state index in [4.69, 9.17) is 10.00 Å². The van der Waals surface area contributed by atoms with Crippen LogP contribution in [0, 0.1) is 51.8 Å². The molecule has 5 unspecified atom stereocenters. The SMILES string of the molecule is C[C@H](CCC#N)C1CCC2C3C(CCC21C)[C@@]1(C)CCC(=O)C=C1[C@H]1O[C@@H]31. The zero-order valence-electron chi connectivity index (χ0n) is 17.0. The van der Waals surface area contributed by atoms with Gasteiger partial charge in [-0.15, -0.1) is 0 Å². The minimum absolute atomic E-state index is 0.183. The minimum Gasteiger partial charge on any atom is -0.365 e. The zero-order chi connectivity index (χ0) is 19.0. The van der Waals surface area contributed by atoms with Crippen LogP contribution >= 0.6 is 0 Å². The second-order valence-electron chi connectivity index (χ2n) is 10.7. The molecule has 3 heteroatoms. The number of epoxide rings is 1. The minimum atomic E-state index is 0.183. The Morgan fingerprint density at radius 2 is 2.07 bits per heavy atom. The van der Waals surface area contributed by atoms with Crippen LogP contribution in [-0.4, -0.2) is 18.0 Å². The predicted molar refractivity (Wildman–Crippen MR) is 104 cm³/mol. The standard InChI is InChI=1S/C24H33NO2/c1-14(5-4-12-25)16-6-7-17-20-18(9-11-23(16,17)2)24(3)10-8-15(26)13-19(24)21-22(20)27-21/h13-14,16-18,20-22H,4-11H2,1-3H3/t14-,16?,17?,18?,20?,21-,22+,23?,24-/m1/s1. The predicted octanol–water partition coefficient (Wildman–Crippen LogP) is 5.06. The second kappa shape index (κ2) is 5.93. The number of fused-ring (bicyclic) bond motifs is 8. The quantitative estimate of drug-likeness (QED) is 0.655. The number of hydrogen-bond acceptors (Lipinski definition) is 3. The molecule has 1 aliphatic heterocycles. The molecule has 1 saturated heterocycles. The number of nitrogens with zero attached hydrogens (tertiary/aromatic N) is 1. The van der Waals surface area contributed by atoms with Gasteiger partial charge in [-0.2, -0.15) is 5.26 Å². The van der Waals surface area contributed by atoms with Crippen LogP contribution in [-0.2, 0) is 9.53 Å². The summed E-state index contributed by atoms with van der Waals surface area (Å²) in [7, 11) is 0. The van der Waals surface area contributed by atoms with Gasteiger partial charge in [0.2, 0.25) is 0 Å². The fraction of sp³-hybridized carbons (Fsp3) is 0.833. The number of carbonyl (C=O) groups excluding carboxylic acids is 1. The molecule has 1 heterocycles. The molecular weight excluding hydrogens is 334 g/mol. The van der Waals surface area contributed by atoms with E-state index in [0.717, 1.165) is 31.1 Å². The molecule has 0 aromatic carbocycles. The van der Waals surface area contributed by atoms with Gasteiger partial charge in [-0.3, -0.25) is 4.79 Å². The van der Waals surface area contributed by atoms with Crippen LogP contribution in [0.2, 0.25) is 0 Å². The maximum Gasteiger partial charge on any atom is 0.155 e. The molecule has 3 nitrogen and oxygen atoms in total. The molecule has 0 N–H and O–H groups in total. The summed E-state index contributed by atoms with van der Waals surface area (Å²) >= 11 is 0. The van der Waals surface area contributed by atoms with Crippen molar-refractivity contribution in [1.82, 2.24) is 0 Å². The Balaban J connectivity index is 1.45. The van der Waals surface area contributed by atoms with Crippen molar-refractivity contribution in [2.75, 3.05) is 0 Å². The van der Waals surface area contributed by atoms with Crippen molar-refractivity contribution in [3.8, 4) is 6.07 Å². The topological polar surface area (TPSA) is 53.4 Å². The number of nitriles is 1. The van der Waals surface area contributed by atoms with Crippen LogP contribution in [0.5, 0.6) is 0 Å². The fourth-order valence-corrected chi connectivity index (χ4v) is 8.28. The third-order valence-corrected chi connectivity index (χ3v) is 9.70. The Morgan fingerprint density at radius 3 is 2.85 bits per heavy atom. The zero-order valence-corrected chi connectivity index (χ0v) is 17.0. The molecular formula is C24H33NO2. The molecule has 3 saturated carbocycles. The molecule has 0 aromatic heterocycles. The molecule has 27 heavy (non-hydrogen) atoms. The Hall–Kier alpha value is -1.14. The van der Waals surface area contributed by atoms with Crippen LogP contribution in [0.3, 0.4) is 0 Å². The van der Waals surface area contributed by atoms with E-state index in [1.165, 1.54) is 31.3 Å². The Labute approximate surface area is 163 Å². The van der Waals surface area contributed by atoms with Gasteiger partial charge in [0.25, 0.3) is 0 Å². The smallest absolute Gasteiger partial charge is 0.155 e. The van der Waals surface area contributed by atoms with Crippen LogP contribution in [0.4, 0.5) is 0 Å². The van der Waals surface area contributed by atoms with Crippen molar-refractivity contribution in [1.29, 1.82) is 5.26 Å². The second-order valence-corrected chi connectivity index (χ2v) is 10.7. The van der Waals surface area contributed by atoms with Crippen LogP contribution in [0.25, 0.3) is 0 Å². The monoisotopic (exact) mass is 367 g/mol. The first-order valence-corrected chi connectivity index (χ1v) is 11.2. The summed E-state index contributed by atoms with van der Waals surface area (Å²) in [6.45, 7) is 7.38. The highest BCUT2D eigenvalue weighted by Crippen LogP contribution is 2.70. The largest absolute Gasteiger partial charge is 0.365 e. The molecule has 0 spiro atoms. The summed E-state index contributed by atoms with van der Waals surface area (Å²) in [5.41, 5.74) is 1.93. The van der Waals surface area contributed by atoms with Gasteiger partial charge >= 0.3 is 0 Å². The number of carbonyl (C=O) groups is 1. The summed E-state index contributed by atoms with van der Waals surface area (Å²) in [5.74, 6) is 3.84. The highest BCUT2D eigenvalue weighted by atomic mass is 16.6.